The van der Waals surface area contributed by atoms with Gasteiger partial charge in [0.2, 0.25) is 0 Å². The van der Waals surface area contributed by atoms with Crippen LogP contribution in [0.15, 0.2) is 18.2 Å². The van der Waals surface area contributed by atoms with Gasteiger partial charge in [-0.3, -0.25) is 0 Å². The molecule has 6 heteroatoms. The van der Waals surface area contributed by atoms with Crippen molar-refractivity contribution in [2.75, 3.05) is 5.73 Å². The molecule has 0 saturated heterocycles. The Morgan fingerprint density at radius 2 is 2.06 bits per heavy atom. The molecule has 0 saturated carbocycles. The van der Waals surface area contributed by atoms with Gasteiger partial charge in [0.25, 0.3) is 0 Å². The van der Waals surface area contributed by atoms with E-state index in [0.29, 0.717) is 15.9 Å². The fourth-order valence-electron chi connectivity index (χ4n) is 1.81. The van der Waals surface area contributed by atoms with Crippen molar-refractivity contribution in [2.45, 2.75) is 19.9 Å². The number of aromatic nitrogens is 2. The minimum absolute atomic E-state index is 0.0306. The molecule has 0 radical (unpaired) electrons. The third kappa shape index (κ3) is 2.46. The van der Waals surface area contributed by atoms with Gasteiger partial charge in [-0.2, -0.15) is 5.10 Å². The summed E-state index contributed by atoms with van der Waals surface area (Å²) >= 11 is 14.3. The molecule has 1 aromatic carbocycles. The van der Waals surface area contributed by atoms with Gasteiger partial charge in [0.15, 0.2) is 0 Å². The van der Waals surface area contributed by atoms with Crippen LogP contribution in [-0.2, 0) is 0 Å². The van der Waals surface area contributed by atoms with Gasteiger partial charge >= 0.3 is 0 Å². The van der Waals surface area contributed by atoms with E-state index in [0.717, 1.165) is 14.8 Å². The lowest BCUT2D eigenvalue weighted by atomic mass is 10.1. The molecule has 0 amide bonds. The molecule has 2 N–H and O–H groups in total. The summed E-state index contributed by atoms with van der Waals surface area (Å²) in [5, 5.41) is 5.69. The van der Waals surface area contributed by atoms with Crippen LogP contribution in [0.3, 0.4) is 0 Å². The number of hydrogen-bond acceptors (Lipinski definition) is 2. The van der Waals surface area contributed by atoms with E-state index < -0.39 is 0 Å². The maximum atomic E-state index is 6.20. The van der Waals surface area contributed by atoms with Crippen molar-refractivity contribution in [3.8, 4) is 0 Å². The Hall–Kier alpha value is -0.460. The van der Waals surface area contributed by atoms with Crippen molar-refractivity contribution in [1.29, 1.82) is 0 Å². The summed E-state index contributed by atoms with van der Waals surface area (Å²) < 4.78 is 2.76. The predicted molar refractivity (Wildman–Crippen MR) is 84.4 cm³/mol. The molecule has 0 aliphatic rings. The fourth-order valence-corrected chi connectivity index (χ4v) is 2.73. The number of nitrogens with two attached hydrogens (primary N) is 1. The van der Waals surface area contributed by atoms with Gasteiger partial charge in [-0.05, 0) is 54.1 Å². The smallest absolute Gasteiger partial charge is 0.136 e. The summed E-state index contributed by atoms with van der Waals surface area (Å²) in [6, 6.07) is 5.42. The first kappa shape index (κ1) is 14.0. The van der Waals surface area contributed by atoms with E-state index in [1.165, 1.54) is 0 Å². The van der Waals surface area contributed by atoms with Crippen molar-refractivity contribution in [2.24, 2.45) is 0 Å². The first-order valence-electron chi connectivity index (χ1n) is 5.37. The lowest BCUT2D eigenvalue weighted by Crippen LogP contribution is -2.12. The van der Waals surface area contributed by atoms with Gasteiger partial charge in [0.1, 0.15) is 5.82 Å². The van der Waals surface area contributed by atoms with Gasteiger partial charge in [0.05, 0.1) is 15.3 Å². The Morgan fingerprint density at radius 3 is 2.56 bits per heavy atom. The lowest BCUT2D eigenvalue weighted by Gasteiger charge is -2.16. The Balaban J connectivity index is 2.47. The summed E-state index contributed by atoms with van der Waals surface area (Å²) in [5.41, 5.74) is 7.92. The SMILES string of the molecule is Cc1nn(C(C)c2ccc(Cl)cc2Cl)c(N)c1I. The standard InChI is InChI=1S/C12H12Cl2IN3/c1-6-11(15)12(16)18(17-6)7(2)9-4-3-8(13)5-10(9)14/h3-5,7H,16H2,1-2H3. The predicted octanol–water partition coefficient (Wildman–Crippen LogP) is 4.29. The fraction of sp³-hybridized carbons (Fsp3) is 0.250. The Labute approximate surface area is 129 Å². The van der Waals surface area contributed by atoms with Gasteiger partial charge < -0.3 is 5.73 Å². The molecule has 1 aromatic heterocycles. The monoisotopic (exact) mass is 395 g/mol. The molecule has 2 rings (SSSR count). The highest BCUT2D eigenvalue weighted by molar-refractivity contribution is 14.1. The summed E-state index contributed by atoms with van der Waals surface area (Å²) in [6.45, 7) is 3.94. The van der Waals surface area contributed by atoms with E-state index in [1.54, 1.807) is 10.7 Å². The first-order valence-corrected chi connectivity index (χ1v) is 7.20. The van der Waals surface area contributed by atoms with Crippen LogP contribution >= 0.6 is 45.8 Å². The molecule has 3 nitrogen and oxygen atoms in total. The van der Waals surface area contributed by atoms with Gasteiger partial charge in [-0.15, -0.1) is 0 Å². The van der Waals surface area contributed by atoms with Crippen molar-refractivity contribution in [1.82, 2.24) is 9.78 Å². The molecule has 0 aliphatic carbocycles. The van der Waals surface area contributed by atoms with Crippen molar-refractivity contribution in [3.05, 3.63) is 43.1 Å². The Morgan fingerprint density at radius 1 is 1.39 bits per heavy atom. The molecule has 1 atom stereocenters. The second-order valence-corrected chi connectivity index (χ2v) is 5.99. The maximum absolute atomic E-state index is 6.20. The number of rotatable bonds is 2. The van der Waals surface area contributed by atoms with Gasteiger partial charge in [-0.25, -0.2) is 4.68 Å². The maximum Gasteiger partial charge on any atom is 0.136 e. The average molecular weight is 396 g/mol. The summed E-state index contributed by atoms with van der Waals surface area (Å²) in [5.74, 6) is 0.659. The number of nitrogen functional groups attached to an aromatic ring is 1. The second-order valence-electron chi connectivity index (χ2n) is 4.07. The highest BCUT2D eigenvalue weighted by Crippen LogP contribution is 2.31. The topological polar surface area (TPSA) is 43.8 Å². The minimum Gasteiger partial charge on any atom is -0.383 e. The molecule has 0 spiro atoms. The zero-order valence-electron chi connectivity index (χ0n) is 9.92. The summed E-state index contributed by atoms with van der Waals surface area (Å²) in [7, 11) is 0. The molecular weight excluding hydrogens is 384 g/mol. The van der Waals surface area contributed by atoms with E-state index >= 15 is 0 Å². The van der Waals surface area contributed by atoms with E-state index in [1.807, 2.05) is 26.0 Å². The highest BCUT2D eigenvalue weighted by Gasteiger charge is 2.18. The zero-order valence-corrected chi connectivity index (χ0v) is 13.6. The largest absolute Gasteiger partial charge is 0.383 e. The van der Waals surface area contributed by atoms with Gasteiger partial charge in [-0.1, -0.05) is 29.3 Å². The zero-order chi connectivity index (χ0) is 13.4. The van der Waals surface area contributed by atoms with Crippen LogP contribution in [0.2, 0.25) is 10.0 Å². The molecule has 96 valence electrons. The van der Waals surface area contributed by atoms with Crippen LogP contribution in [0.25, 0.3) is 0 Å². The normalized spacial score (nSPS) is 12.7. The number of benzene rings is 1. The van der Waals surface area contributed by atoms with E-state index in [4.69, 9.17) is 28.9 Å². The molecule has 0 aliphatic heterocycles. The van der Waals surface area contributed by atoms with Crippen molar-refractivity contribution in [3.63, 3.8) is 0 Å². The Bertz CT molecular complexity index is 595. The molecule has 0 bridgehead atoms. The molecule has 1 heterocycles. The first-order chi connectivity index (χ1) is 8.41. The number of nitrogens with zero attached hydrogens (tertiary/aromatic N) is 2. The lowest BCUT2D eigenvalue weighted by molar-refractivity contribution is 0.569. The van der Waals surface area contributed by atoms with Crippen LogP contribution in [-0.4, -0.2) is 9.78 Å². The van der Waals surface area contributed by atoms with Crippen LogP contribution in [0.1, 0.15) is 24.2 Å². The van der Waals surface area contributed by atoms with Crippen molar-refractivity contribution >= 4 is 51.6 Å². The Kier molecular flexibility index (Phi) is 4.08. The number of hydrogen-bond donors (Lipinski definition) is 1. The molecule has 1 unspecified atom stereocenters. The van der Waals surface area contributed by atoms with E-state index in [9.17, 15) is 0 Å². The van der Waals surface area contributed by atoms with E-state index in [-0.39, 0.29) is 6.04 Å². The molecule has 18 heavy (non-hydrogen) atoms. The van der Waals surface area contributed by atoms with E-state index in [2.05, 4.69) is 27.7 Å². The average Bonchev–Trinajstić information content (AvgIpc) is 2.56. The summed E-state index contributed by atoms with van der Waals surface area (Å²) in [4.78, 5) is 0. The van der Waals surface area contributed by atoms with Crippen LogP contribution in [0, 0.1) is 10.5 Å². The number of anilines is 1. The van der Waals surface area contributed by atoms with Gasteiger partial charge in [0, 0.05) is 10.0 Å². The third-order valence-electron chi connectivity index (χ3n) is 2.83. The molecular formula is C12H12Cl2IN3. The summed E-state index contributed by atoms with van der Waals surface area (Å²) in [6.07, 6.45) is 0. The van der Waals surface area contributed by atoms with Crippen molar-refractivity contribution < 1.29 is 0 Å². The highest BCUT2D eigenvalue weighted by atomic mass is 127. The quantitative estimate of drug-likeness (QED) is 0.770. The minimum atomic E-state index is -0.0306. The number of aryl methyl sites for hydroxylation is 1. The van der Waals surface area contributed by atoms with Crippen LogP contribution in [0.5, 0.6) is 0 Å². The number of halogens is 3. The molecule has 0 fully saturated rings. The second kappa shape index (κ2) is 5.27. The van der Waals surface area contributed by atoms with Crippen LogP contribution in [0.4, 0.5) is 5.82 Å². The third-order valence-corrected chi connectivity index (χ3v) is 4.72. The molecule has 2 aromatic rings. The van der Waals surface area contributed by atoms with Crippen LogP contribution < -0.4 is 5.73 Å².